The van der Waals surface area contributed by atoms with E-state index in [1.807, 2.05) is 6.26 Å². The molecule has 12 heteroatoms. The first kappa shape index (κ1) is 26.3. The highest BCUT2D eigenvalue weighted by Gasteiger charge is 2.52. The van der Waals surface area contributed by atoms with E-state index < -0.39 is 46.7 Å². The van der Waals surface area contributed by atoms with Crippen molar-refractivity contribution < 1.29 is 36.7 Å². The predicted octanol–water partition coefficient (Wildman–Crippen LogP) is 2.89. The summed E-state index contributed by atoms with van der Waals surface area (Å²) in [6.07, 6.45) is -1.94. The zero-order valence-corrected chi connectivity index (χ0v) is 19.7. The van der Waals surface area contributed by atoms with Gasteiger partial charge in [-0.05, 0) is 43.6 Å². The zero-order valence-electron chi connectivity index (χ0n) is 18.9. The van der Waals surface area contributed by atoms with E-state index in [4.69, 9.17) is 4.74 Å². The van der Waals surface area contributed by atoms with E-state index in [-0.39, 0.29) is 45.0 Å². The zero-order chi connectivity index (χ0) is 25.1. The van der Waals surface area contributed by atoms with E-state index in [9.17, 15) is 31.9 Å². The van der Waals surface area contributed by atoms with Crippen LogP contribution in [-0.2, 0) is 20.5 Å². The number of hydrogen-bond acceptors (Lipinski definition) is 6. The molecule has 2 fully saturated rings. The van der Waals surface area contributed by atoms with Gasteiger partial charge >= 0.3 is 12.1 Å². The lowest BCUT2D eigenvalue weighted by atomic mass is 9.94. The summed E-state index contributed by atoms with van der Waals surface area (Å²) in [5.74, 6) is -1.95. The molecule has 1 spiro atoms. The Kier molecular flexibility index (Phi) is 8.12. The quantitative estimate of drug-likeness (QED) is 0.454. The minimum atomic E-state index is -4.81. The fraction of sp³-hybridized carbons (Fsp3) is 0.591. The van der Waals surface area contributed by atoms with Crippen molar-refractivity contribution in [1.29, 1.82) is 0 Å². The number of nitrogens with zero attached hydrogens (tertiary/aromatic N) is 2. The Bertz CT molecular complexity index is 935. The van der Waals surface area contributed by atoms with Gasteiger partial charge in [0.2, 0.25) is 5.91 Å². The van der Waals surface area contributed by atoms with Gasteiger partial charge in [0.15, 0.2) is 0 Å². The van der Waals surface area contributed by atoms with Crippen molar-refractivity contribution >= 4 is 29.5 Å². The van der Waals surface area contributed by atoms with Gasteiger partial charge < -0.3 is 14.5 Å². The Hall–Kier alpha value is -2.34. The first-order chi connectivity index (χ1) is 16.0. The number of likely N-dealkylation sites (tertiary alicyclic amines) is 1. The maximum atomic E-state index is 13.7. The van der Waals surface area contributed by atoms with Crippen molar-refractivity contribution in [2.75, 3.05) is 38.2 Å². The third-order valence-electron chi connectivity index (χ3n) is 6.12. The fourth-order valence-electron chi connectivity index (χ4n) is 4.46. The highest BCUT2D eigenvalue weighted by Crippen LogP contribution is 2.36. The van der Waals surface area contributed by atoms with Gasteiger partial charge in [0.1, 0.15) is 12.4 Å². The Morgan fingerprint density at radius 3 is 2.53 bits per heavy atom. The number of carbonyl (C=O) groups excluding carboxylic acids is 3. The average molecular weight is 506 g/mol. The van der Waals surface area contributed by atoms with E-state index in [2.05, 4.69) is 5.32 Å². The lowest BCUT2D eigenvalue weighted by Crippen LogP contribution is -2.60. The van der Waals surface area contributed by atoms with Gasteiger partial charge in [0.05, 0.1) is 29.4 Å². The molecule has 0 saturated carbocycles. The normalized spacial score (nSPS) is 20.2. The lowest BCUT2D eigenvalue weighted by molar-refractivity contribution is -0.151. The number of thioether (sulfide) groups is 1. The molecule has 1 N–H and O–H groups in total. The molecule has 188 valence electrons. The predicted molar refractivity (Wildman–Crippen MR) is 118 cm³/mol. The number of benzene rings is 1. The summed E-state index contributed by atoms with van der Waals surface area (Å²) in [5.41, 5.74) is -2.87. The minimum absolute atomic E-state index is 0.0293. The van der Waals surface area contributed by atoms with E-state index in [1.165, 1.54) is 9.80 Å². The van der Waals surface area contributed by atoms with Crippen LogP contribution >= 0.6 is 11.8 Å². The third kappa shape index (κ3) is 5.48. The maximum absolute atomic E-state index is 13.7. The number of alkyl halides is 3. The molecule has 2 aliphatic heterocycles. The van der Waals surface area contributed by atoms with Gasteiger partial charge in [-0.15, -0.1) is 0 Å². The standard InChI is InChI=1S/C22H27F4N3O4S/c1-3-33-18(30)13-29-20(32)17(6-11-34-2)27-21(29)7-9-28(10-8-21)19(31)15-12-14(23)4-5-16(15)22(24,25)26/h4-5,12,17,27H,3,6-11,13H2,1-2H3. The van der Waals surface area contributed by atoms with Crippen LogP contribution in [0.25, 0.3) is 0 Å². The van der Waals surface area contributed by atoms with Crippen LogP contribution in [0.4, 0.5) is 17.6 Å². The number of nitrogens with one attached hydrogen (secondary N) is 1. The van der Waals surface area contributed by atoms with Crippen molar-refractivity contribution in [3.8, 4) is 0 Å². The van der Waals surface area contributed by atoms with Gasteiger partial charge in [0, 0.05) is 25.9 Å². The minimum Gasteiger partial charge on any atom is -0.465 e. The Morgan fingerprint density at radius 1 is 1.26 bits per heavy atom. The summed E-state index contributed by atoms with van der Waals surface area (Å²) in [6.45, 7) is 1.62. The summed E-state index contributed by atoms with van der Waals surface area (Å²) < 4.78 is 58.8. The molecule has 2 aliphatic rings. The highest BCUT2D eigenvalue weighted by molar-refractivity contribution is 7.98. The molecule has 0 aliphatic carbocycles. The van der Waals surface area contributed by atoms with E-state index in [1.54, 1.807) is 18.7 Å². The topological polar surface area (TPSA) is 79.0 Å². The van der Waals surface area contributed by atoms with Crippen molar-refractivity contribution in [2.24, 2.45) is 0 Å². The van der Waals surface area contributed by atoms with Crippen LogP contribution in [0.2, 0.25) is 0 Å². The molecular formula is C22H27F4N3O4S. The van der Waals surface area contributed by atoms with Crippen molar-refractivity contribution in [3.63, 3.8) is 0 Å². The largest absolute Gasteiger partial charge is 0.465 e. The number of rotatable bonds is 7. The SMILES string of the molecule is CCOC(=O)CN1C(=O)C(CCSC)NC12CCN(C(=O)c1cc(F)ccc1C(F)(F)F)CC2. The molecule has 0 radical (unpaired) electrons. The molecule has 2 heterocycles. The summed E-state index contributed by atoms with van der Waals surface area (Å²) >= 11 is 1.58. The Balaban J connectivity index is 1.80. The van der Waals surface area contributed by atoms with Gasteiger partial charge in [-0.25, -0.2) is 4.39 Å². The summed E-state index contributed by atoms with van der Waals surface area (Å²) in [7, 11) is 0. The van der Waals surface area contributed by atoms with E-state index in [0.29, 0.717) is 24.6 Å². The lowest BCUT2D eigenvalue weighted by Gasteiger charge is -2.44. The molecular weight excluding hydrogens is 478 g/mol. The first-order valence-corrected chi connectivity index (χ1v) is 12.3. The maximum Gasteiger partial charge on any atom is 0.417 e. The molecule has 2 saturated heterocycles. The second-order valence-corrected chi connectivity index (χ2v) is 9.20. The molecule has 1 aromatic rings. The van der Waals surface area contributed by atoms with Crippen LogP contribution in [-0.4, -0.2) is 77.5 Å². The van der Waals surface area contributed by atoms with Gasteiger partial charge in [-0.1, -0.05) is 0 Å². The van der Waals surface area contributed by atoms with Crippen LogP contribution in [0.5, 0.6) is 0 Å². The fourth-order valence-corrected chi connectivity index (χ4v) is 4.94. The van der Waals surface area contributed by atoms with Crippen LogP contribution < -0.4 is 5.32 Å². The molecule has 1 unspecified atom stereocenters. The highest BCUT2D eigenvalue weighted by atomic mass is 32.2. The molecule has 0 aromatic heterocycles. The number of esters is 1. The number of ether oxygens (including phenoxy) is 1. The van der Waals surface area contributed by atoms with Crippen molar-refractivity contribution in [2.45, 2.75) is 44.1 Å². The number of piperidine rings is 1. The Morgan fingerprint density at radius 2 is 1.94 bits per heavy atom. The van der Waals surface area contributed by atoms with Crippen LogP contribution in [0.15, 0.2) is 18.2 Å². The number of carbonyl (C=O) groups is 3. The second-order valence-electron chi connectivity index (χ2n) is 8.22. The molecule has 2 amide bonds. The van der Waals surface area contributed by atoms with Gasteiger partial charge in [-0.2, -0.15) is 24.9 Å². The first-order valence-electron chi connectivity index (χ1n) is 10.9. The second kappa shape index (κ2) is 10.5. The third-order valence-corrected chi connectivity index (χ3v) is 6.77. The van der Waals surface area contributed by atoms with Crippen molar-refractivity contribution in [3.05, 3.63) is 35.1 Å². The number of halogens is 4. The number of hydrogen-bond donors (Lipinski definition) is 1. The summed E-state index contributed by atoms with van der Waals surface area (Å²) in [6, 6.07) is 1.31. The summed E-state index contributed by atoms with van der Waals surface area (Å²) in [5, 5.41) is 3.31. The van der Waals surface area contributed by atoms with E-state index in [0.717, 1.165) is 5.75 Å². The number of amides is 2. The van der Waals surface area contributed by atoms with Gasteiger partial charge in [-0.3, -0.25) is 19.7 Å². The molecule has 1 atom stereocenters. The van der Waals surface area contributed by atoms with Gasteiger partial charge in [0.25, 0.3) is 5.91 Å². The smallest absolute Gasteiger partial charge is 0.417 e. The molecule has 1 aromatic carbocycles. The monoisotopic (exact) mass is 505 g/mol. The average Bonchev–Trinajstić information content (AvgIpc) is 3.02. The summed E-state index contributed by atoms with van der Waals surface area (Å²) in [4.78, 5) is 40.8. The molecule has 3 rings (SSSR count). The van der Waals surface area contributed by atoms with E-state index >= 15 is 0 Å². The Labute approximate surface area is 199 Å². The molecule has 34 heavy (non-hydrogen) atoms. The van der Waals surface area contributed by atoms with Crippen LogP contribution in [0, 0.1) is 5.82 Å². The molecule has 7 nitrogen and oxygen atoms in total. The van der Waals surface area contributed by atoms with Crippen LogP contribution in [0.1, 0.15) is 42.1 Å². The molecule has 0 bridgehead atoms. The van der Waals surface area contributed by atoms with Crippen LogP contribution in [0.3, 0.4) is 0 Å². The van der Waals surface area contributed by atoms with Crippen molar-refractivity contribution in [1.82, 2.24) is 15.1 Å².